The van der Waals surface area contributed by atoms with Crippen molar-refractivity contribution in [2.24, 2.45) is 0 Å². The molecule has 1 unspecified atom stereocenters. The van der Waals surface area contributed by atoms with E-state index < -0.39 is 13.4 Å². The molecule has 2 heterocycles. The number of hydrogen-bond donors (Lipinski definition) is 2. The molecule has 2 aromatic carbocycles. The lowest BCUT2D eigenvalue weighted by atomic mass is 10.1. The zero-order valence-electron chi connectivity index (χ0n) is 20.6. The first kappa shape index (κ1) is 25.5. The molecule has 2 N–H and O–H groups in total. The van der Waals surface area contributed by atoms with Gasteiger partial charge in [0.25, 0.3) is 0 Å². The van der Waals surface area contributed by atoms with E-state index in [-0.39, 0.29) is 13.2 Å². The maximum atomic E-state index is 13.8. The summed E-state index contributed by atoms with van der Waals surface area (Å²) in [4.78, 5) is 13.2. The molecule has 0 bridgehead atoms. The Hall–Kier alpha value is -3.58. The van der Waals surface area contributed by atoms with Crippen molar-refractivity contribution in [3.8, 4) is 11.3 Å². The van der Waals surface area contributed by atoms with Gasteiger partial charge in [-0.1, -0.05) is 36.4 Å². The summed E-state index contributed by atoms with van der Waals surface area (Å²) in [5.41, 5.74) is 5.06. The fourth-order valence-electron chi connectivity index (χ4n) is 3.75. The monoisotopic (exact) mass is 503 g/mol. The van der Waals surface area contributed by atoms with Gasteiger partial charge in [-0.05, 0) is 62.2 Å². The van der Waals surface area contributed by atoms with Gasteiger partial charge in [0.05, 0.1) is 18.9 Å². The van der Waals surface area contributed by atoms with Crippen LogP contribution in [0, 0.1) is 6.92 Å². The topological polar surface area (TPSA) is 98.3 Å². The summed E-state index contributed by atoms with van der Waals surface area (Å²) < 4.78 is 25.2. The van der Waals surface area contributed by atoms with Crippen molar-refractivity contribution in [1.29, 1.82) is 0 Å². The molecule has 0 fully saturated rings. The molecule has 186 valence electrons. The average molecular weight is 504 g/mol. The van der Waals surface area contributed by atoms with Gasteiger partial charge in [0.15, 0.2) is 5.78 Å². The van der Waals surface area contributed by atoms with Crippen LogP contribution in [0.2, 0.25) is 0 Å². The third-order valence-corrected chi connectivity index (χ3v) is 7.75. The number of pyridine rings is 1. The average Bonchev–Trinajstić information content (AvgIpc) is 2.90. The Bertz CT molecular complexity index is 1310. The highest BCUT2D eigenvalue weighted by Crippen LogP contribution is 2.60. The van der Waals surface area contributed by atoms with Crippen LogP contribution < -0.4 is 10.6 Å². The molecule has 0 radical (unpaired) electrons. The third-order valence-electron chi connectivity index (χ3n) is 5.45. The van der Waals surface area contributed by atoms with Crippen LogP contribution >= 0.6 is 7.60 Å². The van der Waals surface area contributed by atoms with Crippen molar-refractivity contribution >= 4 is 24.9 Å². The molecule has 0 aliphatic heterocycles. The van der Waals surface area contributed by atoms with E-state index in [9.17, 15) is 4.57 Å². The van der Waals surface area contributed by atoms with Crippen molar-refractivity contribution in [2.75, 3.05) is 23.8 Å². The Kier molecular flexibility index (Phi) is 8.44. The lowest BCUT2D eigenvalue weighted by Gasteiger charge is -2.28. The normalized spacial score (nSPS) is 12.2. The SMILES string of the molecule is CCOP(=O)(OCC)C(Nc1ccc(C)c(Nc2nccc(-c3cccnc3)n2)c1)c1ccccc1. The molecule has 2 aromatic heterocycles. The number of benzene rings is 2. The Morgan fingerprint density at radius 1 is 0.944 bits per heavy atom. The van der Waals surface area contributed by atoms with Gasteiger partial charge < -0.3 is 19.7 Å². The Morgan fingerprint density at radius 3 is 2.42 bits per heavy atom. The minimum Gasteiger partial charge on any atom is -0.368 e. The first-order valence-corrected chi connectivity index (χ1v) is 13.4. The predicted octanol–water partition coefficient (Wildman–Crippen LogP) is 6.97. The quantitative estimate of drug-likeness (QED) is 0.212. The van der Waals surface area contributed by atoms with Gasteiger partial charge in [0.1, 0.15) is 0 Å². The lowest BCUT2D eigenvalue weighted by molar-refractivity contribution is 0.214. The molecule has 0 amide bonds. The molecule has 0 aliphatic rings. The number of aryl methyl sites for hydroxylation is 1. The summed E-state index contributed by atoms with van der Waals surface area (Å²) in [6, 6.07) is 21.1. The maximum absolute atomic E-state index is 13.8. The number of hydrogen-bond acceptors (Lipinski definition) is 8. The molecular weight excluding hydrogens is 473 g/mol. The molecule has 0 saturated carbocycles. The fourth-order valence-corrected chi connectivity index (χ4v) is 5.68. The van der Waals surface area contributed by atoms with E-state index in [0.717, 1.165) is 33.8 Å². The van der Waals surface area contributed by atoms with E-state index in [0.29, 0.717) is 5.95 Å². The number of rotatable bonds is 11. The molecule has 0 saturated heterocycles. The van der Waals surface area contributed by atoms with Gasteiger partial charge in [0, 0.05) is 35.5 Å². The Morgan fingerprint density at radius 2 is 1.72 bits per heavy atom. The van der Waals surface area contributed by atoms with Gasteiger partial charge in [-0.2, -0.15) is 0 Å². The summed E-state index contributed by atoms with van der Waals surface area (Å²) in [7, 11) is -3.51. The van der Waals surface area contributed by atoms with Gasteiger partial charge in [-0.15, -0.1) is 0 Å². The van der Waals surface area contributed by atoms with Crippen LogP contribution in [0.5, 0.6) is 0 Å². The lowest BCUT2D eigenvalue weighted by Crippen LogP contribution is -2.15. The van der Waals surface area contributed by atoms with Crippen LogP contribution in [0.4, 0.5) is 17.3 Å². The number of nitrogens with zero attached hydrogens (tertiary/aromatic N) is 3. The van der Waals surface area contributed by atoms with Crippen LogP contribution in [0.1, 0.15) is 30.8 Å². The summed E-state index contributed by atoms with van der Waals surface area (Å²) in [6.07, 6.45) is 5.20. The van der Waals surface area contributed by atoms with Crippen LogP contribution in [0.15, 0.2) is 85.3 Å². The number of aromatic nitrogens is 3. The molecule has 0 spiro atoms. The van der Waals surface area contributed by atoms with E-state index in [1.165, 1.54) is 0 Å². The fraction of sp³-hybridized carbons (Fsp3) is 0.222. The third kappa shape index (κ3) is 6.15. The van der Waals surface area contributed by atoms with Crippen molar-refractivity contribution in [2.45, 2.75) is 26.6 Å². The van der Waals surface area contributed by atoms with Crippen LogP contribution in [-0.4, -0.2) is 28.2 Å². The van der Waals surface area contributed by atoms with Gasteiger partial charge in [-0.25, -0.2) is 9.97 Å². The summed E-state index contributed by atoms with van der Waals surface area (Å²) in [6.45, 7) is 6.15. The van der Waals surface area contributed by atoms with Crippen LogP contribution in [0.25, 0.3) is 11.3 Å². The maximum Gasteiger partial charge on any atom is 0.357 e. The minimum atomic E-state index is -3.51. The second-order valence-corrected chi connectivity index (χ2v) is 10.1. The first-order valence-electron chi connectivity index (χ1n) is 11.8. The highest BCUT2D eigenvalue weighted by atomic mass is 31.2. The van der Waals surface area contributed by atoms with Crippen LogP contribution in [0.3, 0.4) is 0 Å². The standard InChI is InChI=1S/C27H30N5O3P/c1-4-34-36(33,35-5-2)26(21-10-7-6-8-11-21)30-23-14-13-20(3)25(18-23)32-27-29-17-15-24(31-27)22-12-9-16-28-19-22/h6-19,26,30H,4-5H2,1-3H3,(H,29,31,32). The highest BCUT2D eigenvalue weighted by molar-refractivity contribution is 7.54. The van der Waals surface area contributed by atoms with Gasteiger partial charge >= 0.3 is 7.60 Å². The summed E-state index contributed by atoms with van der Waals surface area (Å²) >= 11 is 0. The van der Waals surface area contributed by atoms with Gasteiger partial charge in [0.2, 0.25) is 5.95 Å². The molecule has 0 aliphatic carbocycles. The molecule has 1 atom stereocenters. The van der Waals surface area contributed by atoms with Gasteiger partial charge in [-0.3, -0.25) is 9.55 Å². The molecule has 4 rings (SSSR count). The second kappa shape index (κ2) is 11.9. The second-order valence-electron chi connectivity index (χ2n) is 7.99. The van der Waals surface area contributed by atoms with E-state index in [1.54, 1.807) is 32.4 Å². The first-order chi connectivity index (χ1) is 17.5. The highest BCUT2D eigenvalue weighted by Gasteiger charge is 2.37. The summed E-state index contributed by atoms with van der Waals surface area (Å²) in [5.74, 6) is -0.218. The van der Waals surface area contributed by atoms with Crippen molar-refractivity contribution in [1.82, 2.24) is 15.0 Å². The predicted molar refractivity (Wildman–Crippen MR) is 143 cm³/mol. The van der Waals surface area contributed by atoms with E-state index >= 15 is 0 Å². The van der Waals surface area contributed by atoms with Crippen molar-refractivity contribution in [3.63, 3.8) is 0 Å². The minimum absolute atomic E-state index is 0.271. The number of nitrogens with one attached hydrogen (secondary N) is 2. The zero-order valence-corrected chi connectivity index (χ0v) is 21.5. The molecule has 9 heteroatoms. The number of anilines is 3. The molecule has 36 heavy (non-hydrogen) atoms. The zero-order chi connectivity index (χ0) is 25.4. The summed E-state index contributed by atoms with van der Waals surface area (Å²) in [5, 5.41) is 6.70. The van der Waals surface area contributed by atoms with Crippen molar-refractivity contribution < 1.29 is 13.6 Å². The van der Waals surface area contributed by atoms with Crippen molar-refractivity contribution in [3.05, 3.63) is 96.4 Å². The Balaban J connectivity index is 1.63. The largest absolute Gasteiger partial charge is 0.368 e. The molecule has 4 aromatic rings. The van der Waals surface area contributed by atoms with E-state index in [4.69, 9.17) is 9.05 Å². The molecular formula is C27H30N5O3P. The van der Waals surface area contributed by atoms with Crippen LogP contribution in [-0.2, 0) is 13.6 Å². The van der Waals surface area contributed by atoms with E-state index in [2.05, 4.69) is 25.6 Å². The van der Waals surface area contributed by atoms with E-state index in [1.807, 2.05) is 73.7 Å². The Labute approximate surface area is 211 Å². The molecule has 8 nitrogen and oxygen atoms in total. The smallest absolute Gasteiger partial charge is 0.357 e.